The molecule has 1 aromatic carbocycles. The highest BCUT2D eigenvalue weighted by atomic mass is 16.5. The SMILES string of the molecule is COc1ccc(N2CCC(Oc3ccccc3C)CC2)cn1. The Hall–Kier alpha value is -2.23. The summed E-state index contributed by atoms with van der Waals surface area (Å²) in [6.07, 6.45) is 4.23. The zero-order valence-electron chi connectivity index (χ0n) is 13.2. The highest BCUT2D eigenvalue weighted by Gasteiger charge is 2.21. The predicted octanol–water partition coefficient (Wildman–Crippen LogP) is 3.45. The van der Waals surface area contributed by atoms with Gasteiger partial charge in [-0.3, -0.25) is 0 Å². The molecule has 1 aromatic heterocycles. The van der Waals surface area contributed by atoms with Crippen LogP contribution in [0.2, 0.25) is 0 Å². The molecule has 1 aliphatic heterocycles. The van der Waals surface area contributed by atoms with E-state index in [4.69, 9.17) is 9.47 Å². The molecule has 4 nitrogen and oxygen atoms in total. The number of rotatable bonds is 4. The number of methoxy groups -OCH3 is 1. The van der Waals surface area contributed by atoms with Gasteiger partial charge in [0.2, 0.25) is 5.88 Å². The van der Waals surface area contributed by atoms with Crippen molar-refractivity contribution in [3.05, 3.63) is 48.2 Å². The Kier molecular flexibility index (Phi) is 4.47. The molecule has 1 saturated heterocycles. The quantitative estimate of drug-likeness (QED) is 0.866. The highest BCUT2D eigenvalue weighted by molar-refractivity contribution is 5.45. The number of aromatic nitrogens is 1. The van der Waals surface area contributed by atoms with Crippen molar-refractivity contribution < 1.29 is 9.47 Å². The van der Waals surface area contributed by atoms with E-state index in [2.05, 4.69) is 35.0 Å². The van der Waals surface area contributed by atoms with E-state index in [9.17, 15) is 0 Å². The lowest BCUT2D eigenvalue weighted by molar-refractivity contribution is 0.170. The average molecular weight is 298 g/mol. The second kappa shape index (κ2) is 6.69. The van der Waals surface area contributed by atoms with Crippen molar-refractivity contribution in [3.8, 4) is 11.6 Å². The van der Waals surface area contributed by atoms with Gasteiger partial charge in [-0.15, -0.1) is 0 Å². The van der Waals surface area contributed by atoms with Crippen molar-refractivity contribution in [3.63, 3.8) is 0 Å². The molecule has 3 rings (SSSR count). The smallest absolute Gasteiger partial charge is 0.213 e. The average Bonchev–Trinajstić information content (AvgIpc) is 2.58. The van der Waals surface area contributed by atoms with Crippen molar-refractivity contribution in [2.24, 2.45) is 0 Å². The summed E-state index contributed by atoms with van der Waals surface area (Å²) in [6, 6.07) is 12.2. The van der Waals surface area contributed by atoms with Crippen LogP contribution in [0.4, 0.5) is 5.69 Å². The van der Waals surface area contributed by atoms with E-state index in [1.165, 1.54) is 5.56 Å². The normalized spacial score (nSPS) is 15.6. The fourth-order valence-corrected chi connectivity index (χ4v) is 2.78. The number of hydrogen-bond donors (Lipinski definition) is 0. The van der Waals surface area contributed by atoms with E-state index in [0.717, 1.165) is 37.4 Å². The van der Waals surface area contributed by atoms with Crippen molar-refractivity contribution in [2.75, 3.05) is 25.1 Å². The van der Waals surface area contributed by atoms with Gasteiger partial charge in [-0.1, -0.05) is 18.2 Å². The van der Waals surface area contributed by atoms with E-state index in [1.807, 2.05) is 24.4 Å². The van der Waals surface area contributed by atoms with Crippen LogP contribution >= 0.6 is 0 Å². The van der Waals surface area contributed by atoms with Crippen LogP contribution in [0.25, 0.3) is 0 Å². The van der Waals surface area contributed by atoms with Crippen LogP contribution in [0.15, 0.2) is 42.6 Å². The fraction of sp³-hybridized carbons (Fsp3) is 0.389. The molecular weight excluding hydrogens is 276 g/mol. The minimum atomic E-state index is 0.295. The van der Waals surface area contributed by atoms with Gasteiger partial charge in [0.05, 0.1) is 19.0 Å². The minimum absolute atomic E-state index is 0.295. The zero-order chi connectivity index (χ0) is 15.4. The first kappa shape index (κ1) is 14.7. The number of benzene rings is 1. The van der Waals surface area contributed by atoms with E-state index >= 15 is 0 Å². The van der Waals surface area contributed by atoms with Crippen molar-refractivity contribution in [2.45, 2.75) is 25.9 Å². The van der Waals surface area contributed by atoms with Gasteiger partial charge < -0.3 is 14.4 Å². The fourth-order valence-electron chi connectivity index (χ4n) is 2.78. The number of pyridine rings is 1. The number of hydrogen-bond acceptors (Lipinski definition) is 4. The molecule has 4 heteroatoms. The second-order valence-corrected chi connectivity index (χ2v) is 5.63. The molecule has 0 amide bonds. The molecule has 116 valence electrons. The van der Waals surface area contributed by atoms with E-state index in [1.54, 1.807) is 7.11 Å². The maximum Gasteiger partial charge on any atom is 0.213 e. The lowest BCUT2D eigenvalue weighted by Gasteiger charge is -2.33. The van der Waals surface area contributed by atoms with Crippen LogP contribution in [-0.2, 0) is 0 Å². The molecule has 1 fully saturated rings. The van der Waals surface area contributed by atoms with Crippen LogP contribution in [0.3, 0.4) is 0 Å². The Morgan fingerprint density at radius 3 is 2.50 bits per heavy atom. The third-order valence-electron chi connectivity index (χ3n) is 4.12. The van der Waals surface area contributed by atoms with Gasteiger partial charge in [-0.05, 0) is 24.6 Å². The van der Waals surface area contributed by atoms with E-state index in [0.29, 0.717) is 12.0 Å². The Labute approximate surface area is 131 Å². The summed E-state index contributed by atoms with van der Waals surface area (Å²) in [5, 5.41) is 0. The molecule has 0 unspecified atom stereocenters. The number of para-hydroxylation sites is 1. The molecule has 0 bridgehead atoms. The molecule has 22 heavy (non-hydrogen) atoms. The Morgan fingerprint density at radius 2 is 1.86 bits per heavy atom. The van der Waals surface area contributed by atoms with Crippen LogP contribution in [-0.4, -0.2) is 31.3 Å². The Bertz CT molecular complexity index is 605. The molecule has 0 saturated carbocycles. The largest absolute Gasteiger partial charge is 0.490 e. The van der Waals surface area contributed by atoms with E-state index < -0.39 is 0 Å². The maximum absolute atomic E-state index is 6.14. The van der Waals surface area contributed by atoms with Crippen LogP contribution in [0, 0.1) is 6.92 Å². The zero-order valence-corrected chi connectivity index (χ0v) is 13.2. The first-order chi connectivity index (χ1) is 10.8. The van der Waals surface area contributed by atoms with Gasteiger partial charge in [0, 0.05) is 32.0 Å². The molecule has 0 atom stereocenters. The highest BCUT2D eigenvalue weighted by Crippen LogP contribution is 2.25. The first-order valence-corrected chi connectivity index (χ1v) is 7.73. The van der Waals surface area contributed by atoms with Crippen molar-refractivity contribution in [1.82, 2.24) is 4.98 Å². The first-order valence-electron chi connectivity index (χ1n) is 7.73. The molecule has 2 heterocycles. The summed E-state index contributed by atoms with van der Waals surface area (Å²) < 4.78 is 11.2. The lowest BCUT2D eigenvalue weighted by atomic mass is 10.1. The maximum atomic E-state index is 6.14. The van der Waals surface area contributed by atoms with Crippen LogP contribution < -0.4 is 14.4 Å². The molecule has 0 spiro atoms. The minimum Gasteiger partial charge on any atom is -0.490 e. The van der Waals surface area contributed by atoms with Gasteiger partial charge in [0.25, 0.3) is 0 Å². The van der Waals surface area contributed by atoms with Gasteiger partial charge in [-0.2, -0.15) is 0 Å². The molecule has 0 aliphatic carbocycles. The summed E-state index contributed by atoms with van der Waals surface area (Å²) in [7, 11) is 1.64. The predicted molar refractivity (Wildman–Crippen MR) is 87.8 cm³/mol. The molecule has 0 radical (unpaired) electrons. The van der Waals surface area contributed by atoms with Gasteiger partial charge in [0.15, 0.2) is 0 Å². The molecular formula is C18H22N2O2. The molecule has 1 aliphatic rings. The standard InChI is InChI=1S/C18H22N2O2/c1-14-5-3-4-6-17(14)22-16-9-11-20(12-10-16)15-7-8-18(21-2)19-13-15/h3-8,13,16H,9-12H2,1-2H3. The van der Waals surface area contributed by atoms with Crippen molar-refractivity contribution >= 4 is 5.69 Å². The van der Waals surface area contributed by atoms with E-state index in [-0.39, 0.29) is 0 Å². The monoisotopic (exact) mass is 298 g/mol. The number of piperidine rings is 1. The summed E-state index contributed by atoms with van der Waals surface area (Å²) in [6.45, 7) is 4.07. The van der Waals surface area contributed by atoms with Gasteiger partial charge >= 0.3 is 0 Å². The summed E-state index contributed by atoms with van der Waals surface area (Å²) in [5.41, 5.74) is 2.35. The van der Waals surface area contributed by atoms with Crippen LogP contribution in [0.1, 0.15) is 18.4 Å². The second-order valence-electron chi connectivity index (χ2n) is 5.63. The molecule has 0 N–H and O–H groups in total. The third kappa shape index (κ3) is 3.32. The number of nitrogens with zero attached hydrogens (tertiary/aromatic N) is 2. The summed E-state index contributed by atoms with van der Waals surface area (Å²) >= 11 is 0. The molecule has 2 aromatic rings. The number of ether oxygens (including phenoxy) is 2. The number of anilines is 1. The van der Waals surface area contributed by atoms with Gasteiger partial charge in [0.1, 0.15) is 11.9 Å². The number of aryl methyl sites for hydroxylation is 1. The summed E-state index contributed by atoms with van der Waals surface area (Å²) in [5.74, 6) is 1.66. The Morgan fingerprint density at radius 1 is 1.09 bits per heavy atom. The summed E-state index contributed by atoms with van der Waals surface area (Å²) in [4.78, 5) is 6.63. The Balaban J connectivity index is 1.57. The lowest BCUT2D eigenvalue weighted by Crippen LogP contribution is -2.38. The van der Waals surface area contributed by atoms with Crippen LogP contribution in [0.5, 0.6) is 11.6 Å². The topological polar surface area (TPSA) is 34.6 Å². The van der Waals surface area contributed by atoms with Gasteiger partial charge in [-0.25, -0.2) is 4.98 Å². The third-order valence-corrected chi connectivity index (χ3v) is 4.12. The van der Waals surface area contributed by atoms with Crippen molar-refractivity contribution in [1.29, 1.82) is 0 Å².